The molecule has 0 aliphatic heterocycles. The van der Waals surface area contributed by atoms with Crippen LogP contribution in [0.25, 0.3) is 0 Å². The Hall–Kier alpha value is -2.36. The number of carbonyl (C=O) groups is 1. The van der Waals surface area contributed by atoms with Crippen LogP contribution in [-0.2, 0) is 0 Å². The standard InChI is InChI=1S/C18H20FNO2/c1-11-5-6-15(9-12(11)2)18(21)20-13(3)14-7-8-17(22-4)16(19)10-14/h5-10,13H,1-4H3,(H,20,21). The molecule has 0 aromatic heterocycles. The summed E-state index contributed by atoms with van der Waals surface area (Å²) in [6.07, 6.45) is 0. The molecule has 1 unspecified atom stereocenters. The van der Waals surface area contributed by atoms with Gasteiger partial charge >= 0.3 is 0 Å². The van der Waals surface area contributed by atoms with Crippen LogP contribution in [-0.4, -0.2) is 13.0 Å². The summed E-state index contributed by atoms with van der Waals surface area (Å²) in [7, 11) is 1.42. The van der Waals surface area contributed by atoms with E-state index < -0.39 is 5.82 Å². The number of halogens is 1. The molecule has 0 fully saturated rings. The van der Waals surface area contributed by atoms with E-state index in [0.29, 0.717) is 11.1 Å². The molecule has 0 saturated heterocycles. The summed E-state index contributed by atoms with van der Waals surface area (Å²) in [5.41, 5.74) is 3.50. The van der Waals surface area contributed by atoms with Gasteiger partial charge in [-0.15, -0.1) is 0 Å². The van der Waals surface area contributed by atoms with Gasteiger partial charge < -0.3 is 10.1 Å². The van der Waals surface area contributed by atoms with Gasteiger partial charge in [0.2, 0.25) is 0 Å². The number of hydrogen-bond acceptors (Lipinski definition) is 2. The molecule has 3 nitrogen and oxygen atoms in total. The summed E-state index contributed by atoms with van der Waals surface area (Å²) in [6, 6.07) is 9.95. The van der Waals surface area contributed by atoms with E-state index in [1.54, 1.807) is 18.2 Å². The van der Waals surface area contributed by atoms with Gasteiger partial charge in [-0.25, -0.2) is 4.39 Å². The van der Waals surface area contributed by atoms with E-state index in [2.05, 4.69) is 5.32 Å². The van der Waals surface area contributed by atoms with Gasteiger partial charge in [-0.3, -0.25) is 4.79 Å². The zero-order valence-electron chi connectivity index (χ0n) is 13.2. The molecule has 0 heterocycles. The van der Waals surface area contributed by atoms with Gasteiger partial charge in [0.15, 0.2) is 11.6 Å². The fraction of sp³-hybridized carbons (Fsp3) is 0.278. The SMILES string of the molecule is COc1ccc(C(C)NC(=O)c2ccc(C)c(C)c2)cc1F. The molecule has 0 aliphatic rings. The predicted molar refractivity (Wildman–Crippen MR) is 84.7 cm³/mol. The van der Waals surface area contributed by atoms with Crippen LogP contribution in [0.2, 0.25) is 0 Å². The molecule has 22 heavy (non-hydrogen) atoms. The van der Waals surface area contributed by atoms with Crippen LogP contribution in [0.15, 0.2) is 36.4 Å². The first-order valence-electron chi connectivity index (χ1n) is 7.14. The number of nitrogens with one attached hydrogen (secondary N) is 1. The van der Waals surface area contributed by atoms with Crippen LogP contribution in [0.1, 0.15) is 40.0 Å². The molecule has 4 heteroatoms. The lowest BCUT2D eigenvalue weighted by atomic mass is 10.0. The Balaban J connectivity index is 2.13. The number of carbonyl (C=O) groups excluding carboxylic acids is 1. The third-order valence-electron chi connectivity index (χ3n) is 3.79. The largest absolute Gasteiger partial charge is 0.494 e. The van der Waals surface area contributed by atoms with Crippen LogP contribution >= 0.6 is 0 Å². The van der Waals surface area contributed by atoms with E-state index in [0.717, 1.165) is 11.1 Å². The van der Waals surface area contributed by atoms with Crippen molar-refractivity contribution in [2.24, 2.45) is 0 Å². The smallest absolute Gasteiger partial charge is 0.251 e. The lowest BCUT2D eigenvalue weighted by Crippen LogP contribution is -2.26. The van der Waals surface area contributed by atoms with E-state index in [9.17, 15) is 9.18 Å². The summed E-state index contributed by atoms with van der Waals surface area (Å²) in [5.74, 6) is -0.421. The molecule has 2 aromatic carbocycles. The Kier molecular flexibility index (Phi) is 4.81. The molecule has 0 bridgehead atoms. The van der Waals surface area contributed by atoms with Crippen LogP contribution < -0.4 is 10.1 Å². The first-order valence-corrected chi connectivity index (χ1v) is 7.14. The highest BCUT2D eigenvalue weighted by molar-refractivity contribution is 5.94. The molecule has 1 atom stereocenters. The second-order valence-electron chi connectivity index (χ2n) is 5.39. The summed E-state index contributed by atoms with van der Waals surface area (Å²) in [5, 5.41) is 2.88. The second-order valence-corrected chi connectivity index (χ2v) is 5.39. The Morgan fingerprint density at radius 1 is 1.14 bits per heavy atom. The average Bonchev–Trinajstić information content (AvgIpc) is 2.49. The fourth-order valence-electron chi connectivity index (χ4n) is 2.20. The maximum Gasteiger partial charge on any atom is 0.251 e. The molecule has 0 saturated carbocycles. The molecule has 1 amide bonds. The first kappa shape index (κ1) is 16.0. The number of amides is 1. The summed E-state index contributed by atoms with van der Waals surface area (Å²) in [6.45, 7) is 5.79. The van der Waals surface area contributed by atoms with Crippen molar-refractivity contribution in [3.05, 3.63) is 64.5 Å². The van der Waals surface area contributed by atoms with Crippen molar-refractivity contribution in [3.63, 3.8) is 0 Å². The van der Waals surface area contributed by atoms with Crippen LogP contribution in [0.5, 0.6) is 5.75 Å². The molecular weight excluding hydrogens is 281 g/mol. The van der Waals surface area contributed by atoms with Crippen LogP contribution in [0.3, 0.4) is 0 Å². The number of hydrogen-bond donors (Lipinski definition) is 1. The van der Waals surface area contributed by atoms with Crippen molar-refractivity contribution in [2.75, 3.05) is 7.11 Å². The van der Waals surface area contributed by atoms with E-state index in [4.69, 9.17) is 4.74 Å². The quantitative estimate of drug-likeness (QED) is 0.929. The van der Waals surface area contributed by atoms with E-state index in [-0.39, 0.29) is 17.7 Å². The van der Waals surface area contributed by atoms with Gasteiger partial charge in [0.1, 0.15) is 0 Å². The highest BCUT2D eigenvalue weighted by Crippen LogP contribution is 2.22. The van der Waals surface area contributed by atoms with Gasteiger partial charge in [-0.05, 0) is 61.7 Å². The van der Waals surface area contributed by atoms with E-state index >= 15 is 0 Å². The van der Waals surface area contributed by atoms with Gasteiger partial charge in [-0.2, -0.15) is 0 Å². The van der Waals surface area contributed by atoms with Gasteiger partial charge in [-0.1, -0.05) is 12.1 Å². The van der Waals surface area contributed by atoms with Crippen molar-refractivity contribution >= 4 is 5.91 Å². The third-order valence-corrected chi connectivity index (χ3v) is 3.79. The maximum absolute atomic E-state index is 13.7. The predicted octanol–water partition coefficient (Wildman–Crippen LogP) is 3.94. The van der Waals surface area contributed by atoms with Crippen molar-refractivity contribution in [2.45, 2.75) is 26.8 Å². The van der Waals surface area contributed by atoms with E-state index in [1.165, 1.54) is 13.2 Å². The zero-order chi connectivity index (χ0) is 16.3. The average molecular weight is 301 g/mol. The normalized spacial score (nSPS) is 11.9. The molecule has 0 aliphatic carbocycles. The zero-order valence-corrected chi connectivity index (χ0v) is 13.2. The molecule has 0 spiro atoms. The number of benzene rings is 2. The summed E-state index contributed by atoms with van der Waals surface area (Å²) >= 11 is 0. The number of aryl methyl sites for hydroxylation is 2. The summed E-state index contributed by atoms with van der Waals surface area (Å²) in [4.78, 5) is 12.3. The van der Waals surface area contributed by atoms with Gasteiger partial charge in [0, 0.05) is 5.56 Å². The molecule has 2 aromatic rings. The molecule has 116 valence electrons. The lowest BCUT2D eigenvalue weighted by Gasteiger charge is -2.15. The minimum absolute atomic E-state index is 0.174. The minimum Gasteiger partial charge on any atom is -0.494 e. The lowest BCUT2D eigenvalue weighted by molar-refractivity contribution is 0.0939. The third kappa shape index (κ3) is 3.45. The number of ether oxygens (including phenoxy) is 1. The van der Waals surface area contributed by atoms with Crippen molar-refractivity contribution in [1.29, 1.82) is 0 Å². The van der Waals surface area contributed by atoms with Gasteiger partial charge in [0.05, 0.1) is 13.2 Å². The van der Waals surface area contributed by atoms with Gasteiger partial charge in [0.25, 0.3) is 5.91 Å². The fourth-order valence-corrected chi connectivity index (χ4v) is 2.20. The Bertz CT molecular complexity index is 697. The van der Waals surface area contributed by atoms with Crippen LogP contribution in [0, 0.1) is 19.7 Å². The van der Waals surface area contributed by atoms with Crippen molar-refractivity contribution in [1.82, 2.24) is 5.32 Å². The minimum atomic E-state index is -0.438. The highest BCUT2D eigenvalue weighted by Gasteiger charge is 2.14. The van der Waals surface area contributed by atoms with Crippen molar-refractivity contribution < 1.29 is 13.9 Å². The van der Waals surface area contributed by atoms with Crippen LogP contribution in [0.4, 0.5) is 4.39 Å². The Morgan fingerprint density at radius 2 is 1.86 bits per heavy atom. The molecule has 2 rings (SSSR count). The Labute approximate surface area is 130 Å². The highest BCUT2D eigenvalue weighted by atomic mass is 19.1. The molecular formula is C18H20FNO2. The van der Waals surface area contributed by atoms with Crippen molar-refractivity contribution in [3.8, 4) is 5.75 Å². The van der Waals surface area contributed by atoms with E-state index in [1.807, 2.05) is 32.9 Å². The maximum atomic E-state index is 13.7. The molecule has 1 N–H and O–H groups in total. The topological polar surface area (TPSA) is 38.3 Å². The first-order chi connectivity index (χ1) is 10.4. The molecule has 0 radical (unpaired) electrons. The summed E-state index contributed by atoms with van der Waals surface area (Å²) < 4.78 is 18.6. The Morgan fingerprint density at radius 3 is 2.45 bits per heavy atom. The number of rotatable bonds is 4. The second kappa shape index (κ2) is 6.60. The number of methoxy groups -OCH3 is 1. The monoisotopic (exact) mass is 301 g/mol.